The van der Waals surface area contributed by atoms with Crippen molar-refractivity contribution in [3.63, 3.8) is 0 Å². The monoisotopic (exact) mass is 415 g/mol. The van der Waals surface area contributed by atoms with E-state index in [1.54, 1.807) is 6.07 Å². The van der Waals surface area contributed by atoms with Crippen molar-refractivity contribution in [1.82, 2.24) is 29.3 Å². The zero-order chi connectivity index (χ0) is 20.9. The highest BCUT2D eigenvalue weighted by Gasteiger charge is 2.37. The number of anilines is 1. The van der Waals surface area contributed by atoms with E-state index in [-0.39, 0.29) is 5.65 Å². The van der Waals surface area contributed by atoms with Crippen LogP contribution in [0.1, 0.15) is 11.5 Å². The molecule has 5 rings (SSSR count). The number of para-hydroxylation sites is 1. The third-order valence-corrected chi connectivity index (χ3v) is 5.64. The van der Waals surface area contributed by atoms with Gasteiger partial charge in [-0.1, -0.05) is 18.2 Å². The van der Waals surface area contributed by atoms with Crippen LogP contribution in [0.5, 0.6) is 0 Å². The summed E-state index contributed by atoms with van der Waals surface area (Å²) >= 11 is 0. The highest BCUT2D eigenvalue weighted by molar-refractivity contribution is 5.81. The minimum absolute atomic E-state index is 0.0838. The highest BCUT2D eigenvalue weighted by atomic mass is 19.4. The van der Waals surface area contributed by atoms with Crippen LogP contribution >= 0.6 is 0 Å². The van der Waals surface area contributed by atoms with Crippen LogP contribution in [0, 0.1) is 0 Å². The third-order valence-electron chi connectivity index (χ3n) is 5.64. The molecule has 0 radical (unpaired) electrons. The van der Waals surface area contributed by atoms with E-state index in [2.05, 4.69) is 50.0 Å². The van der Waals surface area contributed by atoms with Crippen LogP contribution in [0.3, 0.4) is 0 Å². The van der Waals surface area contributed by atoms with Crippen LogP contribution in [-0.2, 0) is 19.8 Å². The molecule has 30 heavy (non-hydrogen) atoms. The number of hydrogen-bond donors (Lipinski definition) is 0. The lowest BCUT2D eigenvalue weighted by molar-refractivity contribution is -0.146. The van der Waals surface area contributed by atoms with Crippen molar-refractivity contribution in [3.8, 4) is 0 Å². The first-order valence-corrected chi connectivity index (χ1v) is 9.70. The molecule has 0 N–H and O–H groups in total. The molecule has 0 atom stereocenters. The zero-order valence-corrected chi connectivity index (χ0v) is 16.3. The van der Waals surface area contributed by atoms with Gasteiger partial charge in [0.25, 0.3) is 5.82 Å². The fourth-order valence-corrected chi connectivity index (χ4v) is 3.99. The molecule has 0 amide bonds. The summed E-state index contributed by atoms with van der Waals surface area (Å²) in [6, 6.07) is 13.7. The van der Waals surface area contributed by atoms with Crippen molar-refractivity contribution >= 4 is 22.4 Å². The molecule has 4 aromatic rings. The SMILES string of the molecule is Cn1c(CN2CCN(c3ccc4nnc(C(F)(F)F)n4n3)CC2)cc2ccccc21. The molecule has 10 heteroatoms. The predicted molar refractivity (Wildman–Crippen MR) is 106 cm³/mol. The largest absolute Gasteiger partial charge is 0.453 e. The number of piperazine rings is 1. The number of benzene rings is 1. The molecule has 4 heterocycles. The van der Waals surface area contributed by atoms with Crippen molar-refractivity contribution < 1.29 is 13.2 Å². The lowest BCUT2D eigenvalue weighted by Crippen LogP contribution is -2.46. The number of aryl methyl sites for hydroxylation is 1. The number of rotatable bonds is 3. The summed E-state index contributed by atoms with van der Waals surface area (Å²) in [5.41, 5.74) is 2.53. The first kappa shape index (κ1) is 18.9. The van der Waals surface area contributed by atoms with Crippen molar-refractivity contribution in [2.24, 2.45) is 7.05 Å². The van der Waals surface area contributed by atoms with E-state index < -0.39 is 12.0 Å². The minimum atomic E-state index is -4.59. The van der Waals surface area contributed by atoms with E-state index in [1.807, 2.05) is 17.0 Å². The van der Waals surface area contributed by atoms with Crippen LogP contribution in [-0.4, -0.2) is 55.5 Å². The van der Waals surface area contributed by atoms with E-state index in [0.29, 0.717) is 18.9 Å². The van der Waals surface area contributed by atoms with E-state index >= 15 is 0 Å². The molecule has 1 saturated heterocycles. The molecule has 0 unspecified atom stereocenters. The Kier molecular flexibility index (Phi) is 4.39. The lowest BCUT2D eigenvalue weighted by Gasteiger charge is -2.35. The Morgan fingerprint density at radius 3 is 2.47 bits per heavy atom. The van der Waals surface area contributed by atoms with Gasteiger partial charge in [-0.2, -0.15) is 17.7 Å². The Morgan fingerprint density at radius 2 is 1.73 bits per heavy atom. The maximum Gasteiger partial charge on any atom is 0.453 e. The number of aromatic nitrogens is 5. The average Bonchev–Trinajstić information content (AvgIpc) is 3.30. The molecule has 1 fully saturated rings. The topological polar surface area (TPSA) is 54.5 Å². The van der Waals surface area contributed by atoms with Gasteiger partial charge in [0.05, 0.1) is 0 Å². The first-order chi connectivity index (χ1) is 14.4. The predicted octanol–water partition coefficient (Wildman–Crippen LogP) is 2.96. The van der Waals surface area contributed by atoms with Gasteiger partial charge in [0.15, 0.2) is 5.65 Å². The maximum absolute atomic E-state index is 13.1. The van der Waals surface area contributed by atoms with Crippen LogP contribution in [0.15, 0.2) is 42.5 Å². The van der Waals surface area contributed by atoms with Gasteiger partial charge in [0.2, 0.25) is 0 Å². The van der Waals surface area contributed by atoms with Gasteiger partial charge < -0.3 is 9.47 Å². The van der Waals surface area contributed by atoms with E-state index in [1.165, 1.54) is 22.7 Å². The molecule has 0 aliphatic carbocycles. The molecule has 156 valence electrons. The molecule has 1 aromatic carbocycles. The molecule has 1 aliphatic rings. The fraction of sp³-hybridized carbons (Fsp3) is 0.350. The molecule has 0 bridgehead atoms. The van der Waals surface area contributed by atoms with E-state index in [9.17, 15) is 13.2 Å². The van der Waals surface area contributed by atoms with Gasteiger partial charge in [-0.15, -0.1) is 15.3 Å². The Hall–Kier alpha value is -3.14. The molecule has 1 aliphatic heterocycles. The van der Waals surface area contributed by atoms with Gasteiger partial charge in [-0.25, -0.2) is 0 Å². The normalized spacial score (nSPS) is 16.1. The van der Waals surface area contributed by atoms with E-state index in [0.717, 1.165) is 24.1 Å². The summed E-state index contributed by atoms with van der Waals surface area (Å²) in [5.74, 6) is -0.606. The summed E-state index contributed by atoms with van der Waals surface area (Å²) in [7, 11) is 2.07. The van der Waals surface area contributed by atoms with Crippen LogP contribution in [0.2, 0.25) is 0 Å². The molecular formula is C20H20F3N7. The Bertz CT molecular complexity index is 1200. The standard InChI is InChI=1S/C20H20F3N7/c1-27-15(12-14-4-2-3-5-16(14)27)13-28-8-10-29(11-9-28)18-7-6-17-24-25-19(20(21,22)23)30(17)26-18/h2-7,12H,8-11,13H2,1H3. The summed E-state index contributed by atoms with van der Waals surface area (Å²) in [6.45, 7) is 3.80. The van der Waals surface area contributed by atoms with Crippen LogP contribution in [0.4, 0.5) is 19.0 Å². The van der Waals surface area contributed by atoms with Crippen molar-refractivity contribution in [3.05, 3.63) is 54.0 Å². The molecular weight excluding hydrogens is 395 g/mol. The Morgan fingerprint density at radius 1 is 0.967 bits per heavy atom. The fourth-order valence-electron chi connectivity index (χ4n) is 3.99. The van der Waals surface area contributed by atoms with Crippen molar-refractivity contribution in [2.45, 2.75) is 12.7 Å². The molecule has 0 saturated carbocycles. The number of fused-ring (bicyclic) bond motifs is 2. The van der Waals surface area contributed by atoms with Crippen molar-refractivity contribution in [1.29, 1.82) is 0 Å². The van der Waals surface area contributed by atoms with Crippen molar-refractivity contribution in [2.75, 3.05) is 31.1 Å². The first-order valence-electron chi connectivity index (χ1n) is 9.70. The lowest BCUT2D eigenvalue weighted by atomic mass is 10.2. The van der Waals surface area contributed by atoms with Gasteiger partial charge in [-0.05, 0) is 29.7 Å². The summed E-state index contributed by atoms with van der Waals surface area (Å²) in [4.78, 5) is 4.35. The number of alkyl halides is 3. The number of hydrogen-bond acceptors (Lipinski definition) is 5. The molecule has 3 aromatic heterocycles. The van der Waals surface area contributed by atoms with E-state index in [4.69, 9.17) is 0 Å². The second-order valence-corrected chi connectivity index (χ2v) is 7.50. The third kappa shape index (κ3) is 3.26. The van der Waals surface area contributed by atoms with Crippen LogP contribution in [0.25, 0.3) is 16.6 Å². The Balaban J connectivity index is 1.30. The van der Waals surface area contributed by atoms with Gasteiger partial charge in [0.1, 0.15) is 5.82 Å². The Labute approximate surface area is 170 Å². The second kappa shape index (κ2) is 6.98. The van der Waals surface area contributed by atoms with Gasteiger partial charge >= 0.3 is 6.18 Å². The number of nitrogens with zero attached hydrogens (tertiary/aromatic N) is 7. The molecule has 0 spiro atoms. The van der Waals surface area contributed by atoms with Gasteiger partial charge in [0, 0.05) is 51.0 Å². The molecule has 7 nitrogen and oxygen atoms in total. The summed E-state index contributed by atoms with van der Waals surface area (Å²) in [6.07, 6.45) is -4.59. The van der Waals surface area contributed by atoms with Gasteiger partial charge in [-0.3, -0.25) is 4.90 Å². The second-order valence-electron chi connectivity index (χ2n) is 7.50. The zero-order valence-electron chi connectivity index (χ0n) is 16.3. The van der Waals surface area contributed by atoms with Crippen LogP contribution < -0.4 is 4.90 Å². The number of halogens is 3. The summed E-state index contributed by atoms with van der Waals surface area (Å²) < 4.78 is 42.3. The average molecular weight is 415 g/mol. The maximum atomic E-state index is 13.1. The quantitative estimate of drug-likeness (QED) is 0.515. The minimum Gasteiger partial charge on any atom is -0.353 e. The summed E-state index contributed by atoms with van der Waals surface area (Å²) in [5, 5.41) is 12.2. The smallest absolute Gasteiger partial charge is 0.353 e. The highest BCUT2D eigenvalue weighted by Crippen LogP contribution is 2.28.